The van der Waals surface area contributed by atoms with E-state index in [2.05, 4.69) is 32.0 Å². The van der Waals surface area contributed by atoms with Crippen molar-refractivity contribution in [2.75, 3.05) is 11.4 Å². The van der Waals surface area contributed by atoms with Crippen molar-refractivity contribution in [1.29, 1.82) is 0 Å². The molecule has 0 aromatic carbocycles. The molecule has 8 heteroatoms. The third-order valence-corrected chi connectivity index (χ3v) is 5.55. The van der Waals surface area contributed by atoms with Crippen molar-refractivity contribution in [3.8, 4) is 0 Å². The summed E-state index contributed by atoms with van der Waals surface area (Å²) in [6.45, 7) is 3.41. The number of ketones is 1. The van der Waals surface area contributed by atoms with Crippen molar-refractivity contribution in [1.82, 2.24) is 19.5 Å². The van der Waals surface area contributed by atoms with Crippen LogP contribution in [-0.2, 0) is 17.8 Å². The number of carboxylic acid groups (broad SMARTS) is 1. The fourth-order valence-corrected chi connectivity index (χ4v) is 3.91. The zero-order chi connectivity index (χ0) is 21.8. The van der Waals surface area contributed by atoms with E-state index in [1.165, 1.54) is 36.6 Å². The van der Waals surface area contributed by atoms with Crippen LogP contribution >= 0.6 is 0 Å². The van der Waals surface area contributed by atoms with E-state index in [4.69, 9.17) is 5.11 Å². The first-order valence-electron chi connectivity index (χ1n) is 10.5. The van der Waals surface area contributed by atoms with Crippen molar-refractivity contribution in [3.05, 3.63) is 66.0 Å². The summed E-state index contributed by atoms with van der Waals surface area (Å²) < 4.78 is 1.75. The fourth-order valence-electron chi connectivity index (χ4n) is 3.91. The Bertz CT molecular complexity index is 1070. The van der Waals surface area contributed by atoms with Gasteiger partial charge in [0.2, 0.25) is 0 Å². The third-order valence-electron chi connectivity index (χ3n) is 5.55. The highest BCUT2D eigenvalue weighted by atomic mass is 16.4. The number of pyridine rings is 2. The second-order valence-electron chi connectivity index (χ2n) is 7.72. The molecule has 0 aliphatic carbocycles. The number of rotatable bonds is 7. The molecule has 31 heavy (non-hydrogen) atoms. The molecule has 1 N–H and O–H groups in total. The van der Waals surface area contributed by atoms with E-state index in [0.29, 0.717) is 18.7 Å². The van der Waals surface area contributed by atoms with Gasteiger partial charge in [-0.2, -0.15) is 0 Å². The average Bonchev–Trinajstić information content (AvgIpc) is 3.24. The monoisotopic (exact) mass is 419 g/mol. The minimum absolute atomic E-state index is 0.000923. The van der Waals surface area contributed by atoms with Crippen LogP contribution in [0.4, 0.5) is 11.6 Å². The molecule has 3 aliphatic heterocycles. The fraction of sp³-hybridized carbons (Fsp3) is 0.348. The van der Waals surface area contributed by atoms with Crippen LogP contribution in [0.25, 0.3) is 0 Å². The predicted molar refractivity (Wildman–Crippen MR) is 116 cm³/mol. The van der Waals surface area contributed by atoms with Crippen molar-refractivity contribution < 1.29 is 14.7 Å². The maximum Gasteiger partial charge on any atom is 0.304 e. The lowest BCUT2D eigenvalue weighted by molar-refractivity contribution is -0.137. The molecular weight excluding hydrogens is 394 g/mol. The summed E-state index contributed by atoms with van der Waals surface area (Å²) in [6, 6.07) is 7.95. The molecule has 0 fully saturated rings. The van der Waals surface area contributed by atoms with Crippen LogP contribution in [0.2, 0.25) is 0 Å². The number of Topliss-reactive ketones (excluding diaryl/α,β-unsaturated/α-hetero) is 1. The van der Waals surface area contributed by atoms with Gasteiger partial charge in [0.25, 0.3) is 0 Å². The molecule has 0 spiro atoms. The standard InChI is InChI=1S/C15H17N3O3.C8H8N2/c1-2-14(19)13-9-18(10-17-13)8-12(6-15(20)21)11-4-3-5-16-7-11;1-2-6-3-4-7-9-8(6)10(7)5-1/h3-5,7,9-10,12H,2,6,8H2,1H3,(H,20,21);3-4H,1-2,5H2. The number of carbonyl (C=O) groups is 2. The van der Waals surface area contributed by atoms with Crippen molar-refractivity contribution in [2.24, 2.45) is 0 Å². The minimum Gasteiger partial charge on any atom is -0.481 e. The van der Waals surface area contributed by atoms with Crippen LogP contribution in [0.5, 0.6) is 0 Å². The second kappa shape index (κ2) is 9.07. The quantitative estimate of drug-likeness (QED) is 0.584. The molecule has 8 nitrogen and oxygen atoms in total. The third kappa shape index (κ3) is 4.63. The highest BCUT2D eigenvalue weighted by molar-refractivity contribution is 5.93. The second-order valence-corrected chi connectivity index (χ2v) is 7.72. The van der Waals surface area contributed by atoms with Crippen molar-refractivity contribution >= 4 is 23.4 Å². The van der Waals surface area contributed by atoms with E-state index in [0.717, 1.165) is 5.56 Å². The lowest BCUT2D eigenvalue weighted by Crippen LogP contribution is -2.33. The number of carboxylic acids is 1. The Hall–Kier alpha value is -3.55. The summed E-state index contributed by atoms with van der Waals surface area (Å²) in [5, 5.41) is 9.06. The highest BCUT2D eigenvalue weighted by Gasteiger charge is 2.28. The van der Waals surface area contributed by atoms with Gasteiger partial charge in [-0.1, -0.05) is 19.1 Å². The number of nitrogens with zero attached hydrogens (tertiary/aromatic N) is 5. The van der Waals surface area contributed by atoms with Gasteiger partial charge in [-0.3, -0.25) is 14.6 Å². The maximum atomic E-state index is 11.6. The first-order chi connectivity index (χ1) is 15.0. The number of aliphatic carboxylic acids is 1. The molecule has 3 aromatic heterocycles. The molecular formula is C23H25N5O3. The number of anilines is 2. The van der Waals surface area contributed by atoms with E-state index >= 15 is 0 Å². The Morgan fingerprint density at radius 3 is 2.77 bits per heavy atom. The zero-order valence-electron chi connectivity index (χ0n) is 17.4. The number of aromatic nitrogens is 4. The van der Waals surface area contributed by atoms with Gasteiger partial charge in [0, 0.05) is 44.0 Å². The van der Waals surface area contributed by atoms with Crippen LogP contribution < -0.4 is 4.90 Å². The summed E-state index contributed by atoms with van der Waals surface area (Å²) in [7, 11) is 0. The minimum atomic E-state index is -0.867. The van der Waals surface area contributed by atoms with Crippen LogP contribution in [0.3, 0.4) is 0 Å². The normalized spacial score (nSPS) is 14.2. The Balaban J connectivity index is 0.000000188. The number of aryl methyl sites for hydroxylation is 1. The lowest BCUT2D eigenvalue weighted by Gasteiger charge is -2.36. The van der Waals surface area contributed by atoms with E-state index in [-0.39, 0.29) is 18.1 Å². The van der Waals surface area contributed by atoms with Gasteiger partial charge in [0.1, 0.15) is 17.3 Å². The molecule has 1 atom stereocenters. The van der Waals surface area contributed by atoms with Crippen molar-refractivity contribution in [2.45, 2.75) is 45.1 Å². The van der Waals surface area contributed by atoms with E-state index in [1.807, 2.05) is 6.07 Å². The first-order valence-corrected chi connectivity index (χ1v) is 10.5. The van der Waals surface area contributed by atoms with Gasteiger partial charge in [0.15, 0.2) is 5.78 Å². The Morgan fingerprint density at radius 2 is 2.13 bits per heavy atom. The predicted octanol–water partition coefficient (Wildman–Crippen LogP) is 3.61. The number of hydrogen-bond donors (Lipinski definition) is 1. The van der Waals surface area contributed by atoms with Crippen molar-refractivity contribution in [3.63, 3.8) is 0 Å². The van der Waals surface area contributed by atoms with Crippen LogP contribution in [-0.4, -0.2) is 42.9 Å². The molecule has 6 heterocycles. The molecule has 160 valence electrons. The van der Waals surface area contributed by atoms with E-state index in [1.54, 1.807) is 42.5 Å². The topological polar surface area (TPSA) is 101 Å². The summed E-state index contributed by atoms with van der Waals surface area (Å²) in [5.41, 5.74) is 2.70. The summed E-state index contributed by atoms with van der Waals surface area (Å²) in [6.07, 6.45) is 9.46. The van der Waals surface area contributed by atoms with Gasteiger partial charge in [0.05, 0.1) is 12.7 Å². The highest BCUT2D eigenvalue weighted by Crippen LogP contribution is 2.39. The molecule has 6 rings (SSSR count). The Morgan fingerprint density at radius 1 is 1.26 bits per heavy atom. The van der Waals surface area contributed by atoms with Gasteiger partial charge in [-0.25, -0.2) is 9.97 Å². The molecule has 3 aromatic rings. The van der Waals surface area contributed by atoms with Crippen LogP contribution in [0.15, 0.2) is 49.2 Å². The number of imidazole rings is 1. The molecule has 3 aliphatic rings. The summed E-state index contributed by atoms with van der Waals surface area (Å²) in [5.74, 6) is 1.30. The molecule has 1 unspecified atom stereocenters. The molecule has 0 saturated heterocycles. The smallest absolute Gasteiger partial charge is 0.304 e. The molecule has 4 bridgehead atoms. The Labute approximate surface area is 180 Å². The van der Waals surface area contributed by atoms with Gasteiger partial charge >= 0.3 is 5.97 Å². The largest absolute Gasteiger partial charge is 0.481 e. The SMILES string of the molecule is CCC(=O)c1cn(CC(CC(=O)O)c2cccnc2)cn1.c1cc2c3nc1N3CCC2. The van der Waals surface area contributed by atoms with E-state index in [9.17, 15) is 9.59 Å². The lowest BCUT2D eigenvalue weighted by atomic mass is 9.97. The molecule has 0 saturated carbocycles. The average molecular weight is 419 g/mol. The number of carbonyl (C=O) groups excluding carboxylic acids is 1. The molecule has 0 radical (unpaired) electrons. The maximum absolute atomic E-state index is 11.6. The number of fused-ring (bicyclic) bond motifs is 1. The van der Waals surface area contributed by atoms with Gasteiger partial charge in [-0.15, -0.1) is 0 Å². The summed E-state index contributed by atoms with van der Waals surface area (Å²) in [4.78, 5) is 37.4. The van der Waals surface area contributed by atoms with Gasteiger partial charge < -0.3 is 14.6 Å². The zero-order valence-corrected chi connectivity index (χ0v) is 17.4. The van der Waals surface area contributed by atoms with Crippen LogP contribution in [0, 0.1) is 0 Å². The first kappa shape index (κ1) is 20.7. The van der Waals surface area contributed by atoms with E-state index < -0.39 is 5.97 Å². The number of hydrogen-bond acceptors (Lipinski definition) is 6. The summed E-state index contributed by atoms with van der Waals surface area (Å²) >= 11 is 0. The Kier molecular flexibility index (Phi) is 6.06. The molecule has 0 amide bonds. The van der Waals surface area contributed by atoms with Gasteiger partial charge in [-0.05, 0) is 36.1 Å². The van der Waals surface area contributed by atoms with Crippen LogP contribution in [0.1, 0.15) is 53.7 Å².